The number of aliphatic hydroxyl groups excluding tert-OH is 1. The van der Waals surface area contributed by atoms with Gasteiger partial charge in [0.2, 0.25) is 5.95 Å². The average molecular weight is 326 g/mol. The van der Waals surface area contributed by atoms with Gasteiger partial charge in [-0.2, -0.15) is 18.2 Å². The Morgan fingerprint density at radius 2 is 2.04 bits per heavy atom. The van der Waals surface area contributed by atoms with E-state index in [-0.39, 0.29) is 29.3 Å². The minimum Gasteiger partial charge on any atom is -0.390 e. The molecule has 3 N–H and O–H groups in total. The van der Waals surface area contributed by atoms with Gasteiger partial charge in [0.1, 0.15) is 0 Å². The molecule has 1 heterocycles. The molecule has 0 aliphatic heterocycles. The molecule has 0 amide bonds. The Kier molecular flexibility index (Phi) is 5.15. The van der Waals surface area contributed by atoms with Crippen molar-refractivity contribution in [1.82, 2.24) is 9.97 Å². The Morgan fingerprint density at radius 1 is 1.30 bits per heavy atom. The molecule has 0 aliphatic rings. The van der Waals surface area contributed by atoms with Crippen molar-refractivity contribution < 1.29 is 18.3 Å². The van der Waals surface area contributed by atoms with Gasteiger partial charge >= 0.3 is 6.18 Å². The fraction of sp³-hybridized carbons (Fsp3) is 0.400. The lowest BCUT2D eigenvalue weighted by molar-refractivity contribution is -0.136. The fourth-order valence-corrected chi connectivity index (χ4v) is 2.20. The summed E-state index contributed by atoms with van der Waals surface area (Å²) in [4.78, 5) is 11.8. The molecule has 0 unspecified atom stereocenters. The fourth-order valence-electron chi connectivity index (χ4n) is 2.20. The van der Waals surface area contributed by atoms with E-state index in [9.17, 15) is 18.3 Å². The van der Waals surface area contributed by atoms with Crippen LogP contribution < -0.4 is 5.73 Å². The Labute approximate surface area is 131 Å². The molecule has 2 aromatic rings. The van der Waals surface area contributed by atoms with Crippen LogP contribution in [0, 0.1) is 0 Å². The first-order valence-corrected chi connectivity index (χ1v) is 7.17. The van der Waals surface area contributed by atoms with Crippen molar-refractivity contribution in [2.24, 2.45) is 4.99 Å². The van der Waals surface area contributed by atoms with Crippen molar-refractivity contribution in [2.45, 2.75) is 32.4 Å². The smallest absolute Gasteiger partial charge is 0.390 e. The van der Waals surface area contributed by atoms with Crippen molar-refractivity contribution in [3.05, 3.63) is 23.8 Å². The first kappa shape index (κ1) is 17.1. The third-order valence-electron chi connectivity index (χ3n) is 3.29. The predicted molar refractivity (Wildman–Crippen MR) is 82.7 cm³/mol. The van der Waals surface area contributed by atoms with Crippen LogP contribution in [-0.4, -0.2) is 27.4 Å². The molecular formula is C15H17F3N4O. The van der Waals surface area contributed by atoms with Gasteiger partial charge in [0.05, 0.1) is 23.1 Å². The number of benzene rings is 1. The van der Waals surface area contributed by atoms with Crippen LogP contribution in [0.2, 0.25) is 0 Å². The maximum atomic E-state index is 13.2. The first-order chi connectivity index (χ1) is 10.9. The summed E-state index contributed by atoms with van der Waals surface area (Å²) < 4.78 is 39.7. The number of aliphatic hydroxyl groups is 1. The molecule has 0 saturated carbocycles. The van der Waals surface area contributed by atoms with Crippen LogP contribution in [0.4, 0.5) is 24.9 Å². The number of unbranched alkanes of at least 4 members (excludes halogenated alkanes) is 1. The second-order valence-electron chi connectivity index (χ2n) is 5.04. The highest BCUT2D eigenvalue weighted by Gasteiger charge is 2.34. The number of fused-ring (bicyclic) bond motifs is 1. The maximum Gasteiger partial charge on any atom is 0.417 e. The molecule has 0 fully saturated rings. The lowest BCUT2D eigenvalue weighted by Crippen LogP contribution is -2.09. The summed E-state index contributed by atoms with van der Waals surface area (Å²) in [6.45, 7) is 1.62. The number of hydrogen-bond acceptors (Lipinski definition) is 5. The van der Waals surface area contributed by atoms with Crippen LogP contribution in [0.25, 0.3) is 10.9 Å². The highest BCUT2D eigenvalue weighted by Crippen LogP contribution is 2.38. The van der Waals surface area contributed by atoms with E-state index in [0.717, 1.165) is 18.9 Å². The van der Waals surface area contributed by atoms with Gasteiger partial charge in [-0.1, -0.05) is 19.4 Å². The van der Waals surface area contributed by atoms with Crippen LogP contribution in [0.5, 0.6) is 0 Å². The monoisotopic (exact) mass is 326 g/mol. The topological polar surface area (TPSA) is 84.4 Å². The molecule has 0 radical (unpaired) electrons. The zero-order valence-electron chi connectivity index (χ0n) is 12.6. The standard InChI is InChI=1S/C15H17F3N4O/c1-2-3-5-9(8-23)20-13-12-10(15(16,17)18)6-4-7-11(12)21-14(19)22-13/h4,6-7,23H,2-3,5,8H2,1H3,(H2,19,21,22). The highest BCUT2D eigenvalue weighted by molar-refractivity contribution is 5.96. The van der Waals surface area contributed by atoms with Crippen molar-refractivity contribution in [3.63, 3.8) is 0 Å². The molecule has 5 nitrogen and oxygen atoms in total. The van der Waals surface area contributed by atoms with Crippen molar-refractivity contribution in [3.8, 4) is 0 Å². The Balaban J connectivity index is 2.69. The van der Waals surface area contributed by atoms with E-state index in [1.165, 1.54) is 12.1 Å². The van der Waals surface area contributed by atoms with E-state index >= 15 is 0 Å². The number of aromatic nitrogens is 2. The molecule has 1 aromatic carbocycles. The van der Waals surface area contributed by atoms with Gasteiger partial charge < -0.3 is 10.8 Å². The molecule has 0 saturated heterocycles. The van der Waals surface area contributed by atoms with Gasteiger partial charge in [-0.3, -0.25) is 0 Å². The van der Waals surface area contributed by atoms with Gasteiger partial charge in [0, 0.05) is 5.71 Å². The Bertz CT molecular complexity index is 728. The summed E-state index contributed by atoms with van der Waals surface area (Å²) in [6, 6.07) is 3.63. The Hall–Kier alpha value is -2.22. The molecule has 23 heavy (non-hydrogen) atoms. The number of halogens is 3. The van der Waals surface area contributed by atoms with Crippen molar-refractivity contribution in [1.29, 1.82) is 0 Å². The van der Waals surface area contributed by atoms with Gasteiger partial charge in [0.25, 0.3) is 0 Å². The minimum atomic E-state index is -4.56. The van der Waals surface area contributed by atoms with Gasteiger partial charge in [-0.15, -0.1) is 0 Å². The van der Waals surface area contributed by atoms with Gasteiger partial charge in [0.15, 0.2) is 5.82 Å². The summed E-state index contributed by atoms with van der Waals surface area (Å²) in [5.74, 6) is -0.330. The van der Waals surface area contributed by atoms with Crippen LogP contribution in [0.3, 0.4) is 0 Å². The van der Waals surface area contributed by atoms with Gasteiger partial charge in [-0.25, -0.2) is 9.98 Å². The first-order valence-electron chi connectivity index (χ1n) is 7.17. The SMILES string of the molecule is CCCCC(CO)=Nc1nc(N)nc2cccc(C(F)(F)F)c12. The molecule has 0 aliphatic carbocycles. The van der Waals surface area contributed by atoms with E-state index in [2.05, 4.69) is 15.0 Å². The van der Waals surface area contributed by atoms with Crippen LogP contribution in [-0.2, 0) is 6.18 Å². The second kappa shape index (κ2) is 6.91. The summed E-state index contributed by atoms with van der Waals surface area (Å²) in [5, 5.41) is 9.15. The van der Waals surface area contributed by atoms with Gasteiger partial charge in [-0.05, 0) is 25.0 Å². The zero-order chi connectivity index (χ0) is 17.0. The molecule has 124 valence electrons. The van der Waals surface area contributed by atoms with E-state index in [1.807, 2.05) is 6.92 Å². The summed E-state index contributed by atoms with van der Waals surface area (Å²) >= 11 is 0. The average Bonchev–Trinajstić information content (AvgIpc) is 2.49. The second-order valence-corrected chi connectivity index (χ2v) is 5.04. The summed E-state index contributed by atoms with van der Waals surface area (Å²) in [7, 11) is 0. The van der Waals surface area contributed by atoms with Crippen LogP contribution in [0.1, 0.15) is 31.7 Å². The van der Waals surface area contributed by atoms with Crippen LogP contribution in [0.15, 0.2) is 23.2 Å². The molecule has 0 bridgehead atoms. The number of nitrogens with two attached hydrogens (primary N) is 1. The lowest BCUT2D eigenvalue weighted by Gasteiger charge is -2.12. The molecule has 0 atom stereocenters. The van der Waals surface area contributed by atoms with Crippen molar-refractivity contribution >= 4 is 28.4 Å². The number of hydrogen-bond donors (Lipinski definition) is 2. The minimum absolute atomic E-state index is 0.0684. The molecule has 0 spiro atoms. The van der Waals surface area contributed by atoms with E-state index in [4.69, 9.17) is 5.73 Å². The number of nitrogen functional groups attached to an aromatic ring is 1. The predicted octanol–water partition coefficient (Wildman–Crippen LogP) is 3.49. The third kappa shape index (κ3) is 3.95. The number of nitrogens with zero attached hydrogens (tertiary/aromatic N) is 3. The highest BCUT2D eigenvalue weighted by atomic mass is 19.4. The number of aliphatic imine (C=N–C) groups is 1. The summed E-state index contributed by atoms with van der Waals surface area (Å²) in [6.07, 6.45) is -2.44. The largest absolute Gasteiger partial charge is 0.417 e. The van der Waals surface area contributed by atoms with E-state index in [1.54, 1.807) is 0 Å². The Morgan fingerprint density at radius 3 is 2.65 bits per heavy atom. The van der Waals surface area contributed by atoms with E-state index < -0.39 is 11.7 Å². The summed E-state index contributed by atoms with van der Waals surface area (Å²) in [5.41, 5.74) is 5.12. The molecular weight excluding hydrogens is 309 g/mol. The molecule has 2 rings (SSSR count). The third-order valence-corrected chi connectivity index (χ3v) is 3.29. The number of rotatable bonds is 5. The van der Waals surface area contributed by atoms with Crippen LogP contribution >= 0.6 is 0 Å². The van der Waals surface area contributed by atoms with Crippen molar-refractivity contribution in [2.75, 3.05) is 12.3 Å². The van der Waals surface area contributed by atoms with E-state index in [0.29, 0.717) is 12.1 Å². The lowest BCUT2D eigenvalue weighted by atomic mass is 10.1. The maximum absolute atomic E-state index is 13.2. The zero-order valence-corrected chi connectivity index (χ0v) is 12.6. The number of anilines is 1. The number of alkyl halides is 3. The molecule has 1 aromatic heterocycles. The normalized spacial score (nSPS) is 12.8. The quantitative estimate of drug-likeness (QED) is 0.824. The molecule has 8 heteroatoms.